The second kappa shape index (κ2) is 4.87. The summed E-state index contributed by atoms with van der Waals surface area (Å²) in [6.07, 6.45) is 7.00. The minimum Gasteiger partial charge on any atom is -0.308 e. The molecule has 0 amide bonds. The van der Waals surface area contributed by atoms with E-state index in [0.29, 0.717) is 0 Å². The lowest BCUT2D eigenvalue weighted by Crippen LogP contribution is -2.48. The summed E-state index contributed by atoms with van der Waals surface area (Å²) < 4.78 is 0. The van der Waals surface area contributed by atoms with Gasteiger partial charge in [0.2, 0.25) is 0 Å². The third-order valence-corrected chi connectivity index (χ3v) is 5.19. The third-order valence-electron chi connectivity index (χ3n) is 5.19. The first kappa shape index (κ1) is 11.9. The van der Waals surface area contributed by atoms with Gasteiger partial charge in [-0.25, -0.2) is 0 Å². The van der Waals surface area contributed by atoms with E-state index in [-0.39, 0.29) is 0 Å². The predicted octanol–water partition coefficient (Wildman–Crippen LogP) is 1.30. The Balaban J connectivity index is 1.55. The lowest BCUT2D eigenvalue weighted by atomic mass is 9.98. The van der Waals surface area contributed by atoms with Crippen molar-refractivity contribution in [2.24, 2.45) is 0 Å². The molecule has 0 aliphatic carbocycles. The number of hydrogen-bond acceptors (Lipinski definition) is 3. The molecule has 0 aromatic rings. The minimum atomic E-state index is 0.738. The summed E-state index contributed by atoms with van der Waals surface area (Å²) in [7, 11) is 2.26. The highest BCUT2D eigenvalue weighted by atomic mass is 15.3. The molecule has 1 N–H and O–H groups in total. The zero-order valence-electron chi connectivity index (χ0n) is 11.4. The van der Waals surface area contributed by atoms with E-state index in [2.05, 4.69) is 29.1 Å². The summed E-state index contributed by atoms with van der Waals surface area (Å²) in [5.74, 6) is 0. The highest BCUT2D eigenvalue weighted by molar-refractivity contribution is 4.97. The lowest BCUT2D eigenvalue weighted by molar-refractivity contribution is 0.176. The number of likely N-dealkylation sites (tertiary alicyclic amines) is 1. The van der Waals surface area contributed by atoms with Gasteiger partial charge >= 0.3 is 0 Å². The molecule has 3 nitrogen and oxygen atoms in total. The van der Waals surface area contributed by atoms with Crippen LogP contribution in [0, 0.1) is 0 Å². The largest absolute Gasteiger partial charge is 0.308 e. The Bertz CT molecular complexity index is 258. The van der Waals surface area contributed by atoms with Crippen molar-refractivity contribution in [3.63, 3.8) is 0 Å². The van der Waals surface area contributed by atoms with Crippen molar-refractivity contribution in [2.75, 3.05) is 26.7 Å². The minimum absolute atomic E-state index is 0.738. The number of fused-ring (bicyclic) bond motifs is 1. The summed E-state index contributed by atoms with van der Waals surface area (Å²) in [5.41, 5.74) is 0. The Hall–Kier alpha value is -0.120. The average Bonchev–Trinajstić information content (AvgIpc) is 2.85. The molecule has 4 unspecified atom stereocenters. The number of hydrogen-bond donors (Lipinski definition) is 1. The van der Waals surface area contributed by atoms with Gasteiger partial charge in [0.25, 0.3) is 0 Å². The molecular formula is C14H27N3. The van der Waals surface area contributed by atoms with Gasteiger partial charge in [-0.3, -0.25) is 4.90 Å². The topological polar surface area (TPSA) is 18.5 Å². The van der Waals surface area contributed by atoms with E-state index in [1.165, 1.54) is 51.7 Å². The summed E-state index contributed by atoms with van der Waals surface area (Å²) in [6, 6.07) is 3.13. The molecule has 3 saturated heterocycles. The van der Waals surface area contributed by atoms with Crippen LogP contribution in [0.4, 0.5) is 0 Å². The van der Waals surface area contributed by atoms with Crippen molar-refractivity contribution in [1.29, 1.82) is 0 Å². The van der Waals surface area contributed by atoms with E-state index in [1.807, 2.05) is 0 Å². The van der Waals surface area contributed by atoms with Crippen molar-refractivity contribution < 1.29 is 0 Å². The Morgan fingerprint density at radius 2 is 2.00 bits per heavy atom. The van der Waals surface area contributed by atoms with Crippen LogP contribution in [0.2, 0.25) is 0 Å². The molecule has 17 heavy (non-hydrogen) atoms. The van der Waals surface area contributed by atoms with Gasteiger partial charge in [0.1, 0.15) is 0 Å². The number of nitrogens with one attached hydrogen (secondary N) is 1. The molecule has 3 rings (SSSR count). The van der Waals surface area contributed by atoms with Crippen molar-refractivity contribution in [3.05, 3.63) is 0 Å². The maximum absolute atomic E-state index is 3.95. The van der Waals surface area contributed by atoms with Crippen LogP contribution >= 0.6 is 0 Å². The fourth-order valence-corrected chi connectivity index (χ4v) is 4.06. The van der Waals surface area contributed by atoms with E-state index >= 15 is 0 Å². The number of likely N-dealkylation sites (N-methyl/N-ethyl adjacent to an activating group) is 1. The van der Waals surface area contributed by atoms with Gasteiger partial charge < -0.3 is 10.2 Å². The monoisotopic (exact) mass is 237 g/mol. The zero-order chi connectivity index (χ0) is 11.8. The fourth-order valence-electron chi connectivity index (χ4n) is 4.06. The molecule has 3 heterocycles. The average molecular weight is 237 g/mol. The van der Waals surface area contributed by atoms with E-state index in [9.17, 15) is 0 Å². The molecule has 98 valence electrons. The second-order valence-corrected chi connectivity index (χ2v) is 6.38. The summed E-state index contributed by atoms with van der Waals surface area (Å²) in [4.78, 5) is 5.22. The molecule has 0 aromatic carbocycles. The Morgan fingerprint density at radius 3 is 2.76 bits per heavy atom. The Labute approximate surface area is 106 Å². The van der Waals surface area contributed by atoms with Crippen LogP contribution in [0.1, 0.15) is 39.0 Å². The first-order valence-corrected chi connectivity index (χ1v) is 7.44. The van der Waals surface area contributed by atoms with Gasteiger partial charge in [-0.1, -0.05) is 6.42 Å². The molecular weight excluding hydrogens is 210 g/mol. The van der Waals surface area contributed by atoms with Crippen LogP contribution in [0.25, 0.3) is 0 Å². The molecule has 0 radical (unpaired) electrons. The Kier molecular flexibility index (Phi) is 3.42. The predicted molar refractivity (Wildman–Crippen MR) is 71.2 cm³/mol. The SMILES string of the molecule is CC1CC(NC2CCN3CCCCC23)CN1C. The quantitative estimate of drug-likeness (QED) is 0.781. The maximum Gasteiger partial charge on any atom is 0.0249 e. The van der Waals surface area contributed by atoms with E-state index in [0.717, 1.165) is 24.2 Å². The molecule has 4 atom stereocenters. The first-order valence-electron chi connectivity index (χ1n) is 7.44. The van der Waals surface area contributed by atoms with Crippen molar-refractivity contribution in [1.82, 2.24) is 15.1 Å². The molecule has 0 aromatic heterocycles. The Morgan fingerprint density at radius 1 is 1.12 bits per heavy atom. The summed E-state index contributed by atoms with van der Waals surface area (Å²) >= 11 is 0. The van der Waals surface area contributed by atoms with Crippen LogP contribution in [0.5, 0.6) is 0 Å². The van der Waals surface area contributed by atoms with E-state index in [1.54, 1.807) is 0 Å². The molecule has 0 spiro atoms. The molecule has 3 heteroatoms. The van der Waals surface area contributed by atoms with Gasteiger partial charge in [0.15, 0.2) is 0 Å². The van der Waals surface area contributed by atoms with Gasteiger partial charge in [0.05, 0.1) is 0 Å². The maximum atomic E-state index is 3.95. The molecule has 3 fully saturated rings. The standard InChI is InChI=1S/C14H27N3/c1-11-9-12(10-16(11)2)15-13-6-8-17-7-4-3-5-14(13)17/h11-15H,3-10H2,1-2H3. The third kappa shape index (κ3) is 2.38. The highest BCUT2D eigenvalue weighted by Gasteiger charge is 2.37. The van der Waals surface area contributed by atoms with Crippen molar-refractivity contribution in [3.8, 4) is 0 Å². The molecule has 0 saturated carbocycles. The molecule has 3 aliphatic rings. The molecule has 0 bridgehead atoms. The van der Waals surface area contributed by atoms with E-state index < -0.39 is 0 Å². The summed E-state index contributed by atoms with van der Waals surface area (Å²) in [6.45, 7) is 6.28. The molecule has 3 aliphatic heterocycles. The van der Waals surface area contributed by atoms with Crippen LogP contribution in [0.15, 0.2) is 0 Å². The zero-order valence-corrected chi connectivity index (χ0v) is 11.4. The lowest BCUT2D eigenvalue weighted by Gasteiger charge is -2.33. The fraction of sp³-hybridized carbons (Fsp3) is 1.00. The van der Waals surface area contributed by atoms with Crippen LogP contribution in [-0.2, 0) is 0 Å². The van der Waals surface area contributed by atoms with Crippen LogP contribution < -0.4 is 5.32 Å². The van der Waals surface area contributed by atoms with E-state index in [4.69, 9.17) is 0 Å². The number of nitrogens with zero attached hydrogens (tertiary/aromatic N) is 2. The smallest absolute Gasteiger partial charge is 0.0249 e. The first-order chi connectivity index (χ1) is 8.24. The number of piperidine rings is 1. The highest BCUT2D eigenvalue weighted by Crippen LogP contribution is 2.28. The second-order valence-electron chi connectivity index (χ2n) is 6.38. The van der Waals surface area contributed by atoms with Crippen LogP contribution in [-0.4, -0.2) is 60.6 Å². The van der Waals surface area contributed by atoms with Crippen molar-refractivity contribution >= 4 is 0 Å². The van der Waals surface area contributed by atoms with Crippen LogP contribution in [0.3, 0.4) is 0 Å². The van der Waals surface area contributed by atoms with Gasteiger partial charge in [0, 0.05) is 37.3 Å². The van der Waals surface area contributed by atoms with Gasteiger partial charge in [-0.15, -0.1) is 0 Å². The van der Waals surface area contributed by atoms with Gasteiger partial charge in [-0.2, -0.15) is 0 Å². The normalized spacial score (nSPS) is 44.1. The van der Waals surface area contributed by atoms with Gasteiger partial charge in [-0.05, 0) is 46.2 Å². The number of rotatable bonds is 2. The van der Waals surface area contributed by atoms with Crippen molar-refractivity contribution in [2.45, 2.75) is 63.2 Å². The summed E-state index contributed by atoms with van der Waals surface area (Å²) in [5, 5.41) is 3.95.